The van der Waals surface area contributed by atoms with Gasteiger partial charge in [-0.1, -0.05) is 46.4 Å². The quantitative estimate of drug-likeness (QED) is 0.554. The van der Waals surface area contributed by atoms with Crippen LogP contribution in [0.25, 0.3) is 0 Å². The van der Waals surface area contributed by atoms with Crippen LogP contribution in [0.1, 0.15) is 81.1 Å². The number of fused-ring (bicyclic) bond motifs is 1. The summed E-state index contributed by atoms with van der Waals surface area (Å²) < 4.78 is 0. The first-order chi connectivity index (χ1) is 8.48. The summed E-state index contributed by atoms with van der Waals surface area (Å²) in [5.41, 5.74) is 3.49. The zero-order valence-corrected chi connectivity index (χ0v) is 11.7. The van der Waals surface area contributed by atoms with Gasteiger partial charge < -0.3 is 0 Å². The van der Waals surface area contributed by atoms with Crippen LogP contribution in [0.5, 0.6) is 0 Å². The molecule has 0 radical (unpaired) electrons. The number of allylic oxidation sites excluding steroid dienone is 3. The fourth-order valence-electron chi connectivity index (χ4n) is 4.61. The maximum Gasteiger partial charge on any atom is 0.137 e. The minimum Gasteiger partial charge on any atom is -0.299 e. The van der Waals surface area contributed by atoms with E-state index in [-0.39, 0.29) is 27.7 Å². The van der Waals surface area contributed by atoms with Crippen molar-refractivity contribution in [3.63, 3.8) is 0 Å². The van der Waals surface area contributed by atoms with Crippen LogP contribution >= 0.6 is 0 Å². The van der Waals surface area contributed by atoms with Crippen LogP contribution in [-0.4, -0.2) is 5.78 Å². The Morgan fingerprint density at radius 3 is 2.43 bits per heavy atom. The monoisotopic (exact) mass is 292 g/mol. The van der Waals surface area contributed by atoms with Gasteiger partial charge in [-0.25, -0.2) is 0 Å². The van der Waals surface area contributed by atoms with E-state index in [1.54, 1.807) is 5.57 Å². The predicted molar refractivity (Wildman–Crippen MR) is 94.4 cm³/mol. The van der Waals surface area contributed by atoms with E-state index in [4.69, 9.17) is 0 Å². The van der Waals surface area contributed by atoms with Crippen molar-refractivity contribution < 1.29 is 4.79 Å². The van der Waals surface area contributed by atoms with Crippen LogP contribution < -0.4 is 0 Å². The zero-order valence-electron chi connectivity index (χ0n) is 11.7. The molecular formula is C20H36O. The number of carbonyl (C=O) groups is 1. The summed E-state index contributed by atoms with van der Waals surface area (Å²) >= 11 is 0. The molecule has 1 heteroatoms. The van der Waals surface area contributed by atoms with E-state index >= 15 is 0 Å². The first-order valence-electron chi connectivity index (χ1n) is 7.36. The van der Waals surface area contributed by atoms with Gasteiger partial charge in [-0.3, -0.25) is 4.79 Å². The standard InChI is InChI=1S/C17H24O.3CH4/c1-12(2)11-17(9-10-17)15-7-6-13-14(18)5-4-8-16(13,15)3;;;/h7,13H,1,4-6,8-11H2,2-3H3;3*1H4. The molecule has 21 heavy (non-hydrogen) atoms. The number of ketones is 1. The van der Waals surface area contributed by atoms with Gasteiger partial charge in [0, 0.05) is 12.3 Å². The molecule has 0 saturated heterocycles. The van der Waals surface area contributed by atoms with Crippen molar-refractivity contribution in [2.75, 3.05) is 0 Å². The molecule has 0 aromatic rings. The molecule has 2 fully saturated rings. The van der Waals surface area contributed by atoms with Gasteiger partial charge in [-0.15, -0.1) is 6.58 Å². The van der Waals surface area contributed by atoms with Crippen molar-refractivity contribution in [1.29, 1.82) is 0 Å². The molecule has 0 aliphatic heterocycles. The Balaban J connectivity index is 0.00000133. The molecular weight excluding hydrogens is 256 g/mol. The fourth-order valence-corrected chi connectivity index (χ4v) is 4.61. The first-order valence-corrected chi connectivity index (χ1v) is 7.36. The summed E-state index contributed by atoms with van der Waals surface area (Å²) in [6.07, 6.45) is 10.3. The van der Waals surface area contributed by atoms with E-state index in [1.165, 1.54) is 24.8 Å². The lowest BCUT2D eigenvalue weighted by Gasteiger charge is -2.41. The van der Waals surface area contributed by atoms with Crippen molar-refractivity contribution in [3.8, 4) is 0 Å². The van der Waals surface area contributed by atoms with Crippen LogP contribution in [0.2, 0.25) is 0 Å². The third-order valence-electron chi connectivity index (χ3n) is 5.52. The molecule has 0 aromatic carbocycles. The van der Waals surface area contributed by atoms with Crippen LogP contribution in [0.4, 0.5) is 0 Å². The van der Waals surface area contributed by atoms with Crippen molar-refractivity contribution in [1.82, 2.24) is 0 Å². The van der Waals surface area contributed by atoms with Crippen LogP contribution in [0, 0.1) is 16.7 Å². The fraction of sp³-hybridized carbons (Fsp3) is 0.750. The molecule has 0 aromatic heterocycles. The van der Waals surface area contributed by atoms with E-state index in [0.29, 0.717) is 17.1 Å². The topological polar surface area (TPSA) is 17.1 Å². The van der Waals surface area contributed by atoms with Crippen LogP contribution in [0.15, 0.2) is 23.8 Å². The normalized spacial score (nSPS) is 31.8. The number of hydrogen-bond donors (Lipinski definition) is 0. The summed E-state index contributed by atoms with van der Waals surface area (Å²) in [6.45, 7) is 8.59. The molecule has 2 saturated carbocycles. The maximum atomic E-state index is 12.1. The van der Waals surface area contributed by atoms with Gasteiger partial charge in [-0.2, -0.15) is 0 Å². The lowest BCUT2D eigenvalue weighted by Crippen LogP contribution is -2.37. The molecule has 122 valence electrons. The third kappa shape index (κ3) is 3.03. The van der Waals surface area contributed by atoms with Crippen LogP contribution in [0.3, 0.4) is 0 Å². The van der Waals surface area contributed by atoms with Crippen molar-refractivity contribution in [2.24, 2.45) is 16.7 Å². The highest BCUT2D eigenvalue weighted by Gasteiger charge is 2.57. The molecule has 0 bridgehead atoms. The highest BCUT2D eigenvalue weighted by atomic mass is 16.1. The lowest BCUT2D eigenvalue weighted by molar-refractivity contribution is -0.128. The molecule has 3 aliphatic carbocycles. The van der Waals surface area contributed by atoms with Gasteiger partial charge in [0.2, 0.25) is 0 Å². The van der Waals surface area contributed by atoms with Crippen molar-refractivity contribution >= 4 is 5.78 Å². The van der Waals surface area contributed by atoms with E-state index in [0.717, 1.165) is 25.7 Å². The van der Waals surface area contributed by atoms with Crippen LogP contribution in [-0.2, 0) is 4.79 Å². The molecule has 0 amide bonds. The highest BCUT2D eigenvalue weighted by Crippen LogP contribution is 2.66. The molecule has 1 nitrogen and oxygen atoms in total. The Bertz CT molecular complexity index is 439. The predicted octanol–water partition coefficient (Wildman–Crippen LogP) is 6.35. The Hall–Kier alpha value is -0.850. The number of Topliss-reactive ketones (excluding diaryl/α,β-unsaturated/α-hetero) is 1. The average Bonchev–Trinajstić information content (AvgIpc) is 2.92. The zero-order chi connectivity index (χ0) is 13.0. The molecule has 0 N–H and O–H groups in total. The number of hydrogen-bond acceptors (Lipinski definition) is 1. The van der Waals surface area contributed by atoms with Gasteiger partial charge >= 0.3 is 0 Å². The van der Waals surface area contributed by atoms with E-state index in [9.17, 15) is 4.79 Å². The molecule has 3 aliphatic rings. The third-order valence-corrected chi connectivity index (χ3v) is 5.52. The van der Waals surface area contributed by atoms with Gasteiger partial charge in [0.05, 0.1) is 0 Å². The van der Waals surface area contributed by atoms with Gasteiger partial charge in [0.1, 0.15) is 5.78 Å². The summed E-state index contributed by atoms with van der Waals surface area (Å²) in [4.78, 5) is 12.1. The summed E-state index contributed by atoms with van der Waals surface area (Å²) in [7, 11) is 0. The largest absolute Gasteiger partial charge is 0.299 e. The molecule has 2 atom stereocenters. The Kier molecular flexibility index (Phi) is 6.24. The molecule has 2 unspecified atom stereocenters. The Labute approximate surface area is 132 Å². The van der Waals surface area contributed by atoms with E-state index in [2.05, 4.69) is 26.5 Å². The minimum atomic E-state index is 0. The summed E-state index contributed by atoms with van der Waals surface area (Å²) in [5.74, 6) is 0.810. The first kappa shape index (κ1) is 20.1. The minimum absolute atomic E-state index is 0. The smallest absolute Gasteiger partial charge is 0.137 e. The second-order valence-electron chi connectivity index (χ2n) is 7.06. The summed E-state index contributed by atoms with van der Waals surface area (Å²) in [6, 6.07) is 0. The number of rotatable bonds is 3. The van der Waals surface area contributed by atoms with E-state index in [1.807, 2.05) is 0 Å². The van der Waals surface area contributed by atoms with Crippen molar-refractivity contribution in [3.05, 3.63) is 23.8 Å². The maximum absolute atomic E-state index is 12.1. The Morgan fingerprint density at radius 2 is 1.90 bits per heavy atom. The van der Waals surface area contributed by atoms with E-state index < -0.39 is 0 Å². The second-order valence-corrected chi connectivity index (χ2v) is 7.06. The van der Waals surface area contributed by atoms with Crippen molar-refractivity contribution in [2.45, 2.75) is 81.1 Å². The Morgan fingerprint density at radius 1 is 1.29 bits per heavy atom. The van der Waals surface area contributed by atoms with Gasteiger partial charge in [-0.05, 0) is 56.3 Å². The lowest BCUT2D eigenvalue weighted by atomic mass is 9.62. The average molecular weight is 293 g/mol. The van der Waals surface area contributed by atoms with Gasteiger partial charge in [0.25, 0.3) is 0 Å². The SMILES string of the molecule is C.C.C.C=C(C)CC1(C2=CCC3C(=O)CCCC23C)CC1. The molecule has 3 rings (SSSR count). The molecule has 0 heterocycles. The number of carbonyl (C=O) groups excluding carboxylic acids is 1. The molecule has 0 spiro atoms. The summed E-state index contributed by atoms with van der Waals surface area (Å²) in [5, 5.41) is 0. The van der Waals surface area contributed by atoms with Gasteiger partial charge in [0.15, 0.2) is 0 Å². The second kappa shape index (κ2) is 6.50. The highest BCUT2D eigenvalue weighted by molar-refractivity contribution is 5.84.